The van der Waals surface area contributed by atoms with Crippen LogP contribution < -0.4 is 22.3 Å². The Morgan fingerprint density at radius 3 is 2.58 bits per heavy atom. The van der Waals surface area contributed by atoms with Crippen molar-refractivity contribution in [1.82, 2.24) is 19.5 Å². The number of nitrogens with zero attached hydrogens (tertiary/aromatic N) is 5. The SMILES string of the molecule is C[C@H](Nc1nc(N)nc(N)c1C#N)c1nc2ccc(F)cc2c(=O)n1-c1ccccc1. The van der Waals surface area contributed by atoms with Crippen LogP contribution in [-0.2, 0) is 0 Å². The number of nitrogens with two attached hydrogens (primary N) is 2. The van der Waals surface area contributed by atoms with Gasteiger partial charge < -0.3 is 16.8 Å². The molecule has 154 valence electrons. The first-order chi connectivity index (χ1) is 14.9. The Bertz CT molecular complexity index is 1390. The lowest BCUT2D eigenvalue weighted by molar-refractivity contribution is 0.629. The molecule has 1 atom stereocenters. The fourth-order valence-corrected chi connectivity index (χ4v) is 3.27. The molecule has 5 N–H and O–H groups in total. The van der Waals surface area contributed by atoms with Crippen molar-refractivity contribution in [1.29, 1.82) is 5.26 Å². The van der Waals surface area contributed by atoms with Gasteiger partial charge in [0.2, 0.25) is 5.95 Å². The van der Waals surface area contributed by atoms with E-state index in [-0.39, 0.29) is 28.5 Å². The van der Waals surface area contributed by atoms with E-state index in [2.05, 4.69) is 20.3 Å². The number of nitriles is 1. The molecule has 0 aliphatic carbocycles. The van der Waals surface area contributed by atoms with Crippen molar-refractivity contribution < 1.29 is 4.39 Å². The number of aromatic nitrogens is 4. The third-order valence-corrected chi connectivity index (χ3v) is 4.68. The van der Waals surface area contributed by atoms with E-state index in [4.69, 9.17) is 11.5 Å². The molecule has 0 aliphatic rings. The Morgan fingerprint density at radius 1 is 1.13 bits per heavy atom. The van der Waals surface area contributed by atoms with Gasteiger partial charge in [-0.2, -0.15) is 15.2 Å². The third-order valence-electron chi connectivity index (χ3n) is 4.68. The first-order valence-corrected chi connectivity index (χ1v) is 9.26. The van der Waals surface area contributed by atoms with Gasteiger partial charge in [-0.25, -0.2) is 9.37 Å². The van der Waals surface area contributed by atoms with Crippen LogP contribution in [0.15, 0.2) is 53.3 Å². The van der Waals surface area contributed by atoms with Crippen LogP contribution in [0.5, 0.6) is 0 Å². The second-order valence-electron chi connectivity index (χ2n) is 6.78. The molecule has 0 saturated carbocycles. The highest BCUT2D eigenvalue weighted by Gasteiger charge is 2.21. The summed E-state index contributed by atoms with van der Waals surface area (Å²) in [4.78, 5) is 25.7. The van der Waals surface area contributed by atoms with Crippen LogP contribution >= 0.6 is 0 Å². The summed E-state index contributed by atoms with van der Waals surface area (Å²) in [5, 5.41) is 12.6. The summed E-state index contributed by atoms with van der Waals surface area (Å²) in [5.41, 5.74) is 11.9. The summed E-state index contributed by atoms with van der Waals surface area (Å²) in [6.07, 6.45) is 0. The van der Waals surface area contributed by atoms with Gasteiger partial charge in [0.25, 0.3) is 5.56 Å². The lowest BCUT2D eigenvalue weighted by Gasteiger charge is -2.20. The quantitative estimate of drug-likeness (QED) is 0.459. The maximum absolute atomic E-state index is 13.8. The number of anilines is 3. The first-order valence-electron chi connectivity index (χ1n) is 9.26. The third kappa shape index (κ3) is 3.60. The number of hydrogen-bond acceptors (Lipinski definition) is 8. The molecule has 0 bridgehead atoms. The number of nitrogen functional groups attached to an aromatic ring is 2. The summed E-state index contributed by atoms with van der Waals surface area (Å²) in [7, 11) is 0. The average molecular weight is 416 g/mol. The highest BCUT2D eigenvalue weighted by atomic mass is 19.1. The summed E-state index contributed by atoms with van der Waals surface area (Å²) >= 11 is 0. The van der Waals surface area contributed by atoms with Crippen LogP contribution in [0.2, 0.25) is 0 Å². The summed E-state index contributed by atoms with van der Waals surface area (Å²) in [5.74, 6) is -0.251. The van der Waals surface area contributed by atoms with Gasteiger partial charge in [0.15, 0.2) is 5.82 Å². The topological polar surface area (TPSA) is 149 Å². The number of benzene rings is 2. The molecular formula is C21H17FN8O. The Morgan fingerprint density at radius 2 is 1.87 bits per heavy atom. The molecule has 10 heteroatoms. The maximum atomic E-state index is 13.8. The van der Waals surface area contributed by atoms with E-state index in [1.54, 1.807) is 31.2 Å². The van der Waals surface area contributed by atoms with Crippen LogP contribution in [0.1, 0.15) is 24.4 Å². The first kappa shape index (κ1) is 19.8. The fraction of sp³-hybridized carbons (Fsp3) is 0.0952. The minimum absolute atomic E-state index is 0.0255. The van der Waals surface area contributed by atoms with Gasteiger partial charge in [-0.15, -0.1) is 0 Å². The largest absolute Gasteiger partial charge is 0.382 e. The molecule has 0 amide bonds. The summed E-state index contributed by atoms with van der Waals surface area (Å²) in [6.45, 7) is 1.74. The molecule has 9 nitrogen and oxygen atoms in total. The van der Waals surface area contributed by atoms with Gasteiger partial charge in [-0.1, -0.05) is 18.2 Å². The molecule has 4 rings (SSSR count). The molecule has 31 heavy (non-hydrogen) atoms. The van der Waals surface area contributed by atoms with Gasteiger partial charge in [0, 0.05) is 0 Å². The highest BCUT2D eigenvalue weighted by molar-refractivity contribution is 5.78. The molecule has 0 aliphatic heterocycles. The molecule has 2 heterocycles. The molecule has 0 radical (unpaired) electrons. The maximum Gasteiger partial charge on any atom is 0.266 e. The summed E-state index contributed by atoms with van der Waals surface area (Å²) in [6, 6.07) is 14.0. The number of hydrogen-bond donors (Lipinski definition) is 3. The van der Waals surface area contributed by atoms with Crippen LogP contribution in [0.3, 0.4) is 0 Å². The minimum atomic E-state index is -0.608. The van der Waals surface area contributed by atoms with Crippen LogP contribution in [0, 0.1) is 17.1 Å². The van der Waals surface area contributed by atoms with Gasteiger partial charge in [0.1, 0.15) is 29.1 Å². The van der Waals surface area contributed by atoms with Gasteiger partial charge in [-0.3, -0.25) is 9.36 Å². The molecule has 0 fully saturated rings. The predicted octanol–water partition coefficient (Wildman–Crippen LogP) is 2.52. The predicted molar refractivity (Wildman–Crippen MR) is 115 cm³/mol. The van der Waals surface area contributed by atoms with Crippen molar-refractivity contribution in [2.24, 2.45) is 0 Å². The second-order valence-corrected chi connectivity index (χ2v) is 6.78. The average Bonchev–Trinajstić information content (AvgIpc) is 2.74. The fourth-order valence-electron chi connectivity index (χ4n) is 3.27. The highest BCUT2D eigenvalue weighted by Crippen LogP contribution is 2.25. The number of nitrogens with one attached hydrogen (secondary N) is 1. The Balaban J connectivity index is 1.92. The van der Waals surface area contributed by atoms with Crippen LogP contribution in [0.25, 0.3) is 16.6 Å². The van der Waals surface area contributed by atoms with Crippen molar-refractivity contribution in [3.63, 3.8) is 0 Å². The van der Waals surface area contributed by atoms with E-state index in [1.807, 2.05) is 12.1 Å². The van der Waals surface area contributed by atoms with E-state index < -0.39 is 17.4 Å². The number of fused-ring (bicyclic) bond motifs is 1. The van der Waals surface area contributed by atoms with E-state index in [0.717, 1.165) is 6.07 Å². The number of halogens is 1. The zero-order valence-electron chi connectivity index (χ0n) is 16.4. The van der Waals surface area contributed by atoms with E-state index in [1.165, 1.54) is 16.7 Å². The molecule has 0 saturated heterocycles. The van der Waals surface area contributed by atoms with Crippen molar-refractivity contribution in [2.75, 3.05) is 16.8 Å². The molecule has 2 aromatic carbocycles. The molecule has 2 aromatic heterocycles. The van der Waals surface area contributed by atoms with E-state index >= 15 is 0 Å². The zero-order valence-corrected chi connectivity index (χ0v) is 16.4. The normalized spacial score (nSPS) is 11.8. The minimum Gasteiger partial charge on any atom is -0.382 e. The van der Waals surface area contributed by atoms with Crippen LogP contribution in [0.4, 0.5) is 22.0 Å². The number of para-hydroxylation sites is 1. The van der Waals surface area contributed by atoms with Crippen molar-refractivity contribution in [3.05, 3.63) is 76.1 Å². The standard InChI is InChI=1S/C21H17FN8O/c1-11(26-18-15(10-23)17(24)28-21(25)29-18)19-27-16-8-7-12(22)9-14(16)20(31)30(19)13-5-3-2-4-6-13/h2-9,11H,1H3,(H5,24,25,26,28,29)/t11-/m0/s1. The van der Waals surface area contributed by atoms with Crippen LogP contribution in [-0.4, -0.2) is 19.5 Å². The smallest absolute Gasteiger partial charge is 0.266 e. The van der Waals surface area contributed by atoms with Crippen molar-refractivity contribution in [2.45, 2.75) is 13.0 Å². The van der Waals surface area contributed by atoms with E-state index in [0.29, 0.717) is 17.0 Å². The van der Waals surface area contributed by atoms with Gasteiger partial charge >= 0.3 is 0 Å². The van der Waals surface area contributed by atoms with Gasteiger partial charge in [-0.05, 0) is 37.3 Å². The van der Waals surface area contributed by atoms with Crippen molar-refractivity contribution >= 4 is 28.5 Å². The molecule has 0 unspecified atom stereocenters. The number of rotatable bonds is 4. The van der Waals surface area contributed by atoms with Crippen molar-refractivity contribution in [3.8, 4) is 11.8 Å². The Labute approximate surface area is 175 Å². The Kier molecular flexibility index (Phi) is 4.92. The Hall–Kier alpha value is -4.52. The molecule has 0 spiro atoms. The molecular weight excluding hydrogens is 399 g/mol. The van der Waals surface area contributed by atoms with Gasteiger partial charge in [0.05, 0.1) is 22.6 Å². The monoisotopic (exact) mass is 416 g/mol. The molecule has 4 aromatic rings. The lowest BCUT2D eigenvalue weighted by Crippen LogP contribution is -2.27. The zero-order chi connectivity index (χ0) is 22.1. The lowest BCUT2D eigenvalue weighted by atomic mass is 10.2. The van der Waals surface area contributed by atoms with E-state index in [9.17, 15) is 14.4 Å². The second kappa shape index (κ2) is 7.72. The summed E-state index contributed by atoms with van der Waals surface area (Å²) < 4.78 is 15.2.